The van der Waals surface area contributed by atoms with Gasteiger partial charge in [-0.3, -0.25) is 0 Å². The summed E-state index contributed by atoms with van der Waals surface area (Å²) >= 11 is 0. The second kappa shape index (κ2) is 4.35. The number of rotatable bonds is 3. The maximum atomic E-state index is 13.1. The van der Waals surface area contributed by atoms with Gasteiger partial charge in [0.05, 0.1) is 6.10 Å². The van der Waals surface area contributed by atoms with Crippen molar-refractivity contribution in [3.63, 3.8) is 0 Å². The lowest BCUT2D eigenvalue weighted by molar-refractivity contribution is 0.131. The summed E-state index contributed by atoms with van der Waals surface area (Å²) in [5.74, 6) is -0.424. The van der Waals surface area contributed by atoms with Gasteiger partial charge in [-0.1, -0.05) is 17.7 Å². The lowest BCUT2D eigenvalue weighted by atomic mass is 10.0. The molecule has 72 valence electrons. The molecule has 0 spiro atoms. The Morgan fingerprint density at radius 1 is 1.46 bits per heavy atom. The second-order valence-electron chi connectivity index (χ2n) is 3.05. The number of aliphatic hydroxyl groups is 2. The van der Waals surface area contributed by atoms with Gasteiger partial charge in [-0.25, -0.2) is 4.39 Å². The standard InChI is InChI=1S/C10H13FO2/c1-7-2-3-9(11)8(6-7)10(13)4-5-12/h2-3,6,10,12-13H,4-5H2,1H3. The topological polar surface area (TPSA) is 40.5 Å². The van der Waals surface area contributed by atoms with Crippen molar-refractivity contribution in [1.82, 2.24) is 0 Å². The average Bonchev–Trinajstić information content (AvgIpc) is 2.09. The van der Waals surface area contributed by atoms with Crippen LogP contribution < -0.4 is 0 Å². The van der Waals surface area contributed by atoms with Crippen molar-refractivity contribution in [1.29, 1.82) is 0 Å². The van der Waals surface area contributed by atoms with Crippen molar-refractivity contribution in [2.24, 2.45) is 0 Å². The summed E-state index contributed by atoms with van der Waals surface area (Å²) in [4.78, 5) is 0. The van der Waals surface area contributed by atoms with Crippen LogP contribution in [-0.4, -0.2) is 16.8 Å². The first-order chi connectivity index (χ1) is 6.15. The third-order valence-electron chi connectivity index (χ3n) is 1.91. The van der Waals surface area contributed by atoms with E-state index in [-0.39, 0.29) is 18.6 Å². The van der Waals surface area contributed by atoms with Crippen LogP contribution in [0.5, 0.6) is 0 Å². The molecule has 1 atom stereocenters. The minimum Gasteiger partial charge on any atom is -0.396 e. The zero-order chi connectivity index (χ0) is 9.84. The van der Waals surface area contributed by atoms with E-state index in [1.807, 2.05) is 6.92 Å². The van der Waals surface area contributed by atoms with Gasteiger partial charge in [0, 0.05) is 18.6 Å². The summed E-state index contributed by atoms with van der Waals surface area (Å²) in [5.41, 5.74) is 1.16. The number of benzene rings is 1. The molecule has 0 aliphatic rings. The molecule has 0 fully saturated rings. The van der Waals surface area contributed by atoms with Gasteiger partial charge in [-0.15, -0.1) is 0 Å². The first-order valence-electron chi connectivity index (χ1n) is 4.20. The molecule has 1 aromatic rings. The van der Waals surface area contributed by atoms with Crippen LogP contribution in [0.2, 0.25) is 0 Å². The first-order valence-corrected chi connectivity index (χ1v) is 4.20. The third kappa shape index (κ3) is 2.50. The SMILES string of the molecule is Cc1ccc(F)c(C(O)CCO)c1. The van der Waals surface area contributed by atoms with E-state index < -0.39 is 11.9 Å². The number of aryl methyl sites for hydroxylation is 1. The molecule has 0 aliphatic heterocycles. The summed E-state index contributed by atoms with van der Waals surface area (Å²) < 4.78 is 13.1. The molecular formula is C10H13FO2. The molecule has 13 heavy (non-hydrogen) atoms. The van der Waals surface area contributed by atoms with Crippen LogP contribution in [-0.2, 0) is 0 Å². The number of halogens is 1. The molecule has 2 nitrogen and oxygen atoms in total. The first kappa shape index (κ1) is 10.2. The summed E-state index contributed by atoms with van der Waals surface area (Å²) in [6, 6.07) is 4.56. The fourth-order valence-electron chi connectivity index (χ4n) is 1.20. The highest BCUT2D eigenvalue weighted by Gasteiger charge is 2.11. The van der Waals surface area contributed by atoms with Gasteiger partial charge in [0.1, 0.15) is 5.82 Å². The maximum Gasteiger partial charge on any atom is 0.129 e. The monoisotopic (exact) mass is 184 g/mol. The maximum absolute atomic E-state index is 13.1. The molecule has 0 heterocycles. The van der Waals surface area contributed by atoms with Crippen LogP contribution in [0.25, 0.3) is 0 Å². The summed E-state index contributed by atoms with van der Waals surface area (Å²) in [5, 5.41) is 18.0. The smallest absolute Gasteiger partial charge is 0.129 e. The molecule has 0 saturated heterocycles. The highest BCUT2D eigenvalue weighted by molar-refractivity contribution is 5.25. The fraction of sp³-hybridized carbons (Fsp3) is 0.400. The van der Waals surface area contributed by atoms with E-state index in [9.17, 15) is 9.50 Å². The molecule has 0 amide bonds. The molecule has 1 unspecified atom stereocenters. The number of aliphatic hydroxyl groups excluding tert-OH is 2. The van der Waals surface area contributed by atoms with Crippen molar-refractivity contribution >= 4 is 0 Å². The van der Waals surface area contributed by atoms with Crippen molar-refractivity contribution < 1.29 is 14.6 Å². The summed E-state index contributed by atoms with van der Waals surface area (Å²) in [6.07, 6.45) is -0.745. The van der Waals surface area contributed by atoms with Crippen LogP contribution in [0.15, 0.2) is 18.2 Å². The van der Waals surface area contributed by atoms with Crippen molar-refractivity contribution in [2.45, 2.75) is 19.4 Å². The van der Waals surface area contributed by atoms with E-state index in [2.05, 4.69) is 0 Å². The Hall–Kier alpha value is -0.930. The Balaban J connectivity index is 2.91. The highest BCUT2D eigenvalue weighted by Crippen LogP contribution is 2.20. The van der Waals surface area contributed by atoms with Crippen LogP contribution in [0.4, 0.5) is 4.39 Å². The Bertz CT molecular complexity index is 286. The normalized spacial score (nSPS) is 12.9. The summed E-state index contributed by atoms with van der Waals surface area (Å²) in [6.45, 7) is 1.68. The number of hydrogen-bond acceptors (Lipinski definition) is 2. The zero-order valence-corrected chi connectivity index (χ0v) is 7.50. The number of hydrogen-bond donors (Lipinski definition) is 2. The van der Waals surface area contributed by atoms with Gasteiger partial charge in [0.2, 0.25) is 0 Å². The van der Waals surface area contributed by atoms with Crippen LogP contribution in [0.1, 0.15) is 23.7 Å². The molecule has 0 aromatic heterocycles. The lowest BCUT2D eigenvalue weighted by Crippen LogP contribution is -2.03. The Morgan fingerprint density at radius 3 is 2.77 bits per heavy atom. The van der Waals surface area contributed by atoms with E-state index >= 15 is 0 Å². The quantitative estimate of drug-likeness (QED) is 0.748. The van der Waals surface area contributed by atoms with E-state index in [0.717, 1.165) is 5.56 Å². The predicted molar refractivity (Wildman–Crippen MR) is 47.8 cm³/mol. The Morgan fingerprint density at radius 2 is 2.15 bits per heavy atom. The largest absolute Gasteiger partial charge is 0.396 e. The van der Waals surface area contributed by atoms with Crippen LogP contribution in [0, 0.1) is 12.7 Å². The van der Waals surface area contributed by atoms with Crippen molar-refractivity contribution in [3.05, 3.63) is 35.1 Å². The molecule has 0 saturated carbocycles. The van der Waals surface area contributed by atoms with Gasteiger partial charge in [0.15, 0.2) is 0 Å². The third-order valence-corrected chi connectivity index (χ3v) is 1.91. The van der Waals surface area contributed by atoms with Gasteiger partial charge < -0.3 is 10.2 Å². The molecule has 0 radical (unpaired) electrons. The van der Waals surface area contributed by atoms with E-state index in [1.54, 1.807) is 12.1 Å². The molecule has 2 N–H and O–H groups in total. The van der Waals surface area contributed by atoms with Crippen LogP contribution >= 0.6 is 0 Å². The van der Waals surface area contributed by atoms with Crippen molar-refractivity contribution in [2.75, 3.05) is 6.61 Å². The van der Waals surface area contributed by atoms with Gasteiger partial charge in [-0.2, -0.15) is 0 Å². The second-order valence-corrected chi connectivity index (χ2v) is 3.05. The Kier molecular flexibility index (Phi) is 3.39. The molecule has 1 aromatic carbocycles. The summed E-state index contributed by atoms with van der Waals surface area (Å²) in [7, 11) is 0. The van der Waals surface area contributed by atoms with Gasteiger partial charge in [0.25, 0.3) is 0 Å². The van der Waals surface area contributed by atoms with Crippen molar-refractivity contribution in [3.8, 4) is 0 Å². The van der Waals surface area contributed by atoms with Crippen LogP contribution in [0.3, 0.4) is 0 Å². The predicted octanol–water partition coefficient (Wildman–Crippen LogP) is 1.55. The average molecular weight is 184 g/mol. The lowest BCUT2D eigenvalue weighted by Gasteiger charge is -2.10. The molecule has 0 aliphatic carbocycles. The van der Waals surface area contributed by atoms with E-state index in [1.165, 1.54) is 6.07 Å². The van der Waals surface area contributed by atoms with E-state index in [4.69, 9.17) is 5.11 Å². The minimum atomic E-state index is -0.912. The van der Waals surface area contributed by atoms with E-state index in [0.29, 0.717) is 0 Å². The fourth-order valence-corrected chi connectivity index (χ4v) is 1.20. The van der Waals surface area contributed by atoms with Gasteiger partial charge >= 0.3 is 0 Å². The Labute approximate surface area is 76.6 Å². The molecular weight excluding hydrogens is 171 g/mol. The molecule has 3 heteroatoms. The highest BCUT2D eigenvalue weighted by atomic mass is 19.1. The molecule has 0 bridgehead atoms. The minimum absolute atomic E-state index is 0.144. The molecule has 1 rings (SSSR count). The van der Waals surface area contributed by atoms with Gasteiger partial charge in [-0.05, 0) is 13.0 Å². The zero-order valence-electron chi connectivity index (χ0n) is 7.50.